The van der Waals surface area contributed by atoms with Crippen molar-refractivity contribution in [3.63, 3.8) is 0 Å². The lowest BCUT2D eigenvalue weighted by Crippen LogP contribution is -2.25. The minimum atomic E-state index is 0.423. The van der Waals surface area contributed by atoms with E-state index in [4.69, 9.17) is 4.74 Å². The first-order chi connectivity index (χ1) is 6.84. The summed E-state index contributed by atoms with van der Waals surface area (Å²) < 4.78 is 7.34. The Morgan fingerprint density at radius 2 is 2.64 bits per heavy atom. The molecule has 1 aliphatic rings. The van der Waals surface area contributed by atoms with Crippen molar-refractivity contribution in [2.75, 3.05) is 13.2 Å². The maximum Gasteiger partial charge on any atom is 0.0700 e. The number of hydrogen-bond acceptors (Lipinski definition) is 3. The Bertz CT molecular complexity index is 279. The minimum absolute atomic E-state index is 0.423. The Labute approximate surface area is 84.3 Å². The summed E-state index contributed by atoms with van der Waals surface area (Å²) in [5, 5.41) is 7.49. The van der Waals surface area contributed by atoms with Gasteiger partial charge < -0.3 is 10.1 Å². The van der Waals surface area contributed by atoms with E-state index in [9.17, 15) is 0 Å². The summed E-state index contributed by atoms with van der Waals surface area (Å²) in [5.41, 5.74) is 1.23. The van der Waals surface area contributed by atoms with Gasteiger partial charge in [0.15, 0.2) is 0 Å². The highest BCUT2D eigenvalue weighted by atomic mass is 16.5. The van der Waals surface area contributed by atoms with Crippen LogP contribution in [0.25, 0.3) is 0 Å². The number of aromatic nitrogens is 2. The SMILES string of the molecule is Cn1cc(CNC[C@@H]2CCCO2)cn1. The maximum absolute atomic E-state index is 5.51. The fraction of sp³-hybridized carbons (Fsp3) is 0.700. The van der Waals surface area contributed by atoms with Crippen LogP contribution in [-0.2, 0) is 18.3 Å². The van der Waals surface area contributed by atoms with E-state index < -0.39 is 0 Å². The predicted octanol–water partition coefficient (Wildman–Crippen LogP) is 0.689. The van der Waals surface area contributed by atoms with Gasteiger partial charge in [-0.15, -0.1) is 0 Å². The molecule has 0 bridgehead atoms. The zero-order valence-electron chi connectivity index (χ0n) is 8.57. The third kappa shape index (κ3) is 2.56. The second-order valence-corrected chi connectivity index (χ2v) is 3.79. The summed E-state index contributed by atoms with van der Waals surface area (Å²) in [6.45, 7) is 2.77. The fourth-order valence-corrected chi connectivity index (χ4v) is 1.75. The molecule has 0 aliphatic carbocycles. The molecule has 1 aromatic rings. The molecule has 1 aromatic heterocycles. The van der Waals surface area contributed by atoms with E-state index in [-0.39, 0.29) is 0 Å². The number of ether oxygens (including phenoxy) is 1. The molecule has 1 saturated heterocycles. The molecule has 1 N–H and O–H groups in total. The standard InChI is InChI=1S/C10H17N3O/c1-13-8-9(6-12-13)5-11-7-10-3-2-4-14-10/h6,8,10-11H,2-5,7H2,1H3/t10-/m0/s1. The lowest BCUT2D eigenvalue weighted by Gasteiger charge is -2.09. The molecule has 1 atom stereocenters. The topological polar surface area (TPSA) is 39.1 Å². The largest absolute Gasteiger partial charge is 0.377 e. The molecule has 14 heavy (non-hydrogen) atoms. The number of nitrogens with one attached hydrogen (secondary N) is 1. The van der Waals surface area contributed by atoms with Crippen molar-refractivity contribution in [2.45, 2.75) is 25.5 Å². The minimum Gasteiger partial charge on any atom is -0.377 e. The van der Waals surface area contributed by atoms with E-state index in [1.54, 1.807) is 0 Å². The summed E-state index contributed by atoms with van der Waals surface area (Å²) in [7, 11) is 1.93. The molecule has 0 amide bonds. The number of aryl methyl sites for hydroxylation is 1. The quantitative estimate of drug-likeness (QED) is 0.768. The van der Waals surface area contributed by atoms with Gasteiger partial charge in [0.05, 0.1) is 12.3 Å². The molecule has 2 heterocycles. The summed E-state index contributed by atoms with van der Waals surface area (Å²) in [6, 6.07) is 0. The molecule has 0 aromatic carbocycles. The Balaban J connectivity index is 1.67. The smallest absolute Gasteiger partial charge is 0.0700 e. The number of hydrogen-bond donors (Lipinski definition) is 1. The summed E-state index contributed by atoms with van der Waals surface area (Å²) >= 11 is 0. The molecule has 1 fully saturated rings. The first kappa shape index (κ1) is 9.68. The molecule has 1 aliphatic heterocycles. The maximum atomic E-state index is 5.51. The van der Waals surface area contributed by atoms with Crippen molar-refractivity contribution >= 4 is 0 Å². The third-order valence-corrected chi connectivity index (χ3v) is 2.48. The highest BCUT2D eigenvalue weighted by molar-refractivity contribution is 5.02. The van der Waals surface area contributed by atoms with Gasteiger partial charge in [-0.2, -0.15) is 5.10 Å². The Morgan fingerprint density at radius 3 is 3.29 bits per heavy atom. The zero-order chi connectivity index (χ0) is 9.80. The van der Waals surface area contributed by atoms with E-state index in [2.05, 4.69) is 10.4 Å². The molecule has 0 saturated carbocycles. The second-order valence-electron chi connectivity index (χ2n) is 3.79. The number of nitrogens with zero attached hydrogens (tertiary/aromatic N) is 2. The number of rotatable bonds is 4. The summed E-state index contributed by atoms with van der Waals surface area (Å²) in [4.78, 5) is 0. The van der Waals surface area contributed by atoms with Gasteiger partial charge in [0, 0.05) is 38.5 Å². The van der Waals surface area contributed by atoms with Crippen molar-refractivity contribution in [1.82, 2.24) is 15.1 Å². The van der Waals surface area contributed by atoms with Crippen molar-refractivity contribution < 1.29 is 4.74 Å². The van der Waals surface area contributed by atoms with E-state index in [0.29, 0.717) is 6.10 Å². The van der Waals surface area contributed by atoms with E-state index in [1.807, 2.05) is 24.1 Å². The van der Waals surface area contributed by atoms with Gasteiger partial charge >= 0.3 is 0 Å². The van der Waals surface area contributed by atoms with Crippen LogP contribution in [0.4, 0.5) is 0 Å². The van der Waals surface area contributed by atoms with Gasteiger partial charge in [0.1, 0.15) is 0 Å². The average Bonchev–Trinajstić information content (AvgIpc) is 2.77. The van der Waals surface area contributed by atoms with Crippen LogP contribution in [0.15, 0.2) is 12.4 Å². The second kappa shape index (κ2) is 4.57. The molecule has 78 valence electrons. The van der Waals surface area contributed by atoms with E-state index >= 15 is 0 Å². The first-order valence-electron chi connectivity index (χ1n) is 5.14. The van der Waals surface area contributed by atoms with Crippen molar-refractivity contribution in [3.8, 4) is 0 Å². The van der Waals surface area contributed by atoms with Crippen LogP contribution >= 0.6 is 0 Å². The summed E-state index contributed by atoms with van der Waals surface area (Å²) in [5.74, 6) is 0. The third-order valence-electron chi connectivity index (χ3n) is 2.48. The van der Waals surface area contributed by atoms with Gasteiger partial charge in [-0.3, -0.25) is 4.68 Å². The Morgan fingerprint density at radius 1 is 1.71 bits per heavy atom. The Kier molecular flexibility index (Phi) is 3.16. The van der Waals surface area contributed by atoms with Crippen LogP contribution in [0.5, 0.6) is 0 Å². The highest BCUT2D eigenvalue weighted by Crippen LogP contribution is 2.10. The van der Waals surface area contributed by atoms with Gasteiger partial charge in [-0.05, 0) is 12.8 Å². The molecule has 4 nitrogen and oxygen atoms in total. The fourth-order valence-electron chi connectivity index (χ4n) is 1.75. The Hall–Kier alpha value is -0.870. The molecule has 0 radical (unpaired) electrons. The van der Waals surface area contributed by atoms with Crippen molar-refractivity contribution in [2.24, 2.45) is 7.05 Å². The van der Waals surface area contributed by atoms with Crippen LogP contribution < -0.4 is 5.32 Å². The van der Waals surface area contributed by atoms with Crippen LogP contribution in [0.3, 0.4) is 0 Å². The molecule has 0 unspecified atom stereocenters. The predicted molar refractivity (Wildman–Crippen MR) is 53.9 cm³/mol. The zero-order valence-corrected chi connectivity index (χ0v) is 8.57. The average molecular weight is 195 g/mol. The highest BCUT2D eigenvalue weighted by Gasteiger charge is 2.14. The monoisotopic (exact) mass is 195 g/mol. The van der Waals surface area contributed by atoms with Gasteiger partial charge in [-0.25, -0.2) is 0 Å². The van der Waals surface area contributed by atoms with E-state index in [1.165, 1.54) is 18.4 Å². The van der Waals surface area contributed by atoms with E-state index in [0.717, 1.165) is 19.7 Å². The lowest BCUT2D eigenvalue weighted by atomic mass is 10.2. The van der Waals surface area contributed by atoms with Gasteiger partial charge in [0.2, 0.25) is 0 Å². The summed E-state index contributed by atoms with van der Waals surface area (Å²) in [6.07, 6.45) is 6.75. The van der Waals surface area contributed by atoms with Crippen LogP contribution in [0, 0.1) is 0 Å². The van der Waals surface area contributed by atoms with Gasteiger partial charge in [0.25, 0.3) is 0 Å². The molecule has 4 heteroatoms. The molecule has 0 spiro atoms. The lowest BCUT2D eigenvalue weighted by molar-refractivity contribution is 0.110. The van der Waals surface area contributed by atoms with Crippen molar-refractivity contribution in [3.05, 3.63) is 18.0 Å². The molecular formula is C10H17N3O. The molecular weight excluding hydrogens is 178 g/mol. The van der Waals surface area contributed by atoms with Gasteiger partial charge in [-0.1, -0.05) is 0 Å². The first-order valence-corrected chi connectivity index (χ1v) is 5.14. The van der Waals surface area contributed by atoms with Crippen molar-refractivity contribution in [1.29, 1.82) is 0 Å². The van der Waals surface area contributed by atoms with Crippen LogP contribution in [0.2, 0.25) is 0 Å². The van der Waals surface area contributed by atoms with Crippen LogP contribution in [-0.4, -0.2) is 29.0 Å². The molecule has 2 rings (SSSR count). The van der Waals surface area contributed by atoms with Crippen LogP contribution in [0.1, 0.15) is 18.4 Å². The normalized spacial score (nSPS) is 21.6.